The third-order valence-corrected chi connectivity index (χ3v) is 5.33. The third-order valence-electron chi connectivity index (χ3n) is 4.47. The quantitative estimate of drug-likeness (QED) is 0.799. The van der Waals surface area contributed by atoms with Crippen molar-refractivity contribution in [3.63, 3.8) is 0 Å². The number of hydrogen-bond donors (Lipinski definition) is 1. The summed E-state index contributed by atoms with van der Waals surface area (Å²) < 4.78 is 0. The van der Waals surface area contributed by atoms with Crippen LogP contribution in [0.25, 0.3) is 0 Å². The van der Waals surface area contributed by atoms with Crippen molar-refractivity contribution in [3.8, 4) is 0 Å². The topological polar surface area (TPSA) is 23.5 Å². The van der Waals surface area contributed by atoms with E-state index in [1.807, 2.05) is 11.3 Å². The molecule has 1 aromatic heterocycles. The first-order valence-electron chi connectivity index (χ1n) is 7.63. The SMILES string of the molecule is CCN(Cc1cccs1)CC1(CO)CCCCCC1. The van der Waals surface area contributed by atoms with E-state index in [4.69, 9.17) is 0 Å². The average molecular weight is 281 g/mol. The van der Waals surface area contributed by atoms with Crippen molar-refractivity contribution < 1.29 is 5.11 Å². The minimum absolute atomic E-state index is 0.157. The Morgan fingerprint density at radius 1 is 1.26 bits per heavy atom. The molecule has 1 saturated carbocycles. The van der Waals surface area contributed by atoms with Gasteiger partial charge in [0.2, 0.25) is 0 Å². The Morgan fingerprint density at radius 3 is 2.53 bits per heavy atom. The van der Waals surface area contributed by atoms with E-state index in [2.05, 4.69) is 29.3 Å². The molecule has 1 aliphatic rings. The molecule has 0 radical (unpaired) electrons. The molecule has 1 aromatic rings. The van der Waals surface area contributed by atoms with Gasteiger partial charge >= 0.3 is 0 Å². The van der Waals surface area contributed by atoms with Crippen LogP contribution in [-0.4, -0.2) is 29.7 Å². The number of rotatable bonds is 6. The Morgan fingerprint density at radius 2 is 2.00 bits per heavy atom. The first-order valence-corrected chi connectivity index (χ1v) is 8.51. The van der Waals surface area contributed by atoms with E-state index in [0.717, 1.165) is 19.6 Å². The molecule has 1 aliphatic carbocycles. The Bertz CT molecular complexity index is 342. The molecule has 0 unspecified atom stereocenters. The zero-order valence-electron chi connectivity index (χ0n) is 12.1. The molecule has 1 fully saturated rings. The lowest BCUT2D eigenvalue weighted by Gasteiger charge is -2.36. The van der Waals surface area contributed by atoms with Crippen LogP contribution < -0.4 is 0 Å². The van der Waals surface area contributed by atoms with Crippen LogP contribution >= 0.6 is 11.3 Å². The van der Waals surface area contributed by atoms with Crippen LogP contribution in [0, 0.1) is 5.41 Å². The number of thiophene rings is 1. The zero-order valence-corrected chi connectivity index (χ0v) is 12.9. The van der Waals surface area contributed by atoms with Crippen LogP contribution in [0.15, 0.2) is 17.5 Å². The molecule has 0 bridgehead atoms. The van der Waals surface area contributed by atoms with Gasteiger partial charge in [0, 0.05) is 30.0 Å². The van der Waals surface area contributed by atoms with Gasteiger partial charge in [0.15, 0.2) is 0 Å². The van der Waals surface area contributed by atoms with Crippen LogP contribution in [0.1, 0.15) is 50.3 Å². The Hall–Kier alpha value is -0.380. The van der Waals surface area contributed by atoms with Crippen molar-refractivity contribution >= 4 is 11.3 Å². The molecule has 0 saturated heterocycles. The highest BCUT2D eigenvalue weighted by Gasteiger charge is 2.32. The summed E-state index contributed by atoms with van der Waals surface area (Å²) in [5.74, 6) is 0. The second-order valence-corrected chi connectivity index (χ2v) is 6.99. The van der Waals surface area contributed by atoms with Crippen molar-refractivity contribution in [2.45, 2.75) is 52.0 Å². The molecule has 0 aromatic carbocycles. The van der Waals surface area contributed by atoms with E-state index in [1.165, 1.54) is 43.4 Å². The molecule has 2 nitrogen and oxygen atoms in total. The van der Waals surface area contributed by atoms with Gasteiger partial charge < -0.3 is 5.11 Å². The van der Waals surface area contributed by atoms with Gasteiger partial charge in [-0.2, -0.15) is 0 Å². The van der Waals surface area contributed by atoms with Crippen molar-refractivity contribution in [2.75, 3.05) is 19.7 Å². The first-order chi connectivity index (χ1) is 9.28. The summed E-state index contributed by atoms with van der Waals surface area (Å²) >= 11 is 1.84. The lowest BCUT2D eigenvalue weighted by molar-refractivity contribution is 0.0587. The molecule has 0 atom stereocenters. The zero-order chi connectivity index (χ0) is 13.6. The van der Waals surface area contributed by atoms with E-state index in [0.29, 0.717) is 6.61 Å². The average Bonchev–Trinajstić information content (AvgIpc) is 2.83. The van der Waals surface area contributed by atoms with E-state index < -0.39 is 0 Å². The molecule has 1 heterocycles. The molecule has 0 amide bonds. The number of hydrogen-bond acceptors (Lipinski definition) is 3. The minimum Gasteiger partial charge on any atom is -0.396 e. The van der Waals surface area contributed by atoms with Crippen molar-refractivity contribution in [2.24, 2.45) is 5.41 Å². The molecule has 0 aliphatic heterocycles. The molecule has 0 spiro atoms. The maximum absolute atomic E-state index is 9.91. The van der Waals surface area contributed by atoms with Gasteiger partial charge in [0.05, 0.1) is 0 Å². The van der Waals surface area contributed by atoms with E-state index in [1.54, 1.807) is 0 Å². The number of aliphatic hydroxyl groups excluding tert-OH is 1. The lowest BCUT2D eigenvalue weighted by Crippen LogP contribution is -2.39. The maximum Gasteiger partial charge on any atom is 0.0499 e. The highest BCUT2D eigenvalue weighted by Crippen LogP contribution is 2.35. The van der Waals surface area contributed by atoms with Gasteiger partial charge in [-0.1, -0.05) is 38.7 Å². The summed E-state index contributed by atoms with van der Waals surface area (Å²) in [6.07, 6.45) is 7.67. The van der Waals surface area contributed by atoms with Crippen LogP contribution in [0.2, 0.25) is 0 Å². The van der Waals surface area contributed by atoms with Gasteiger partial charge in [0.25, 0.3) is 0 Å². The standard InChI is InChI=1S/C16H27NOS/c1-2-17(12-15-8-7-11-19-15)13-16(14-18)9-5-3-4-6-10-16/h7-8,11,18H,2-6,9-10,12-14H2,1H3. The van der Waals surface area contributed by atoms with E-state index in [-0.39, 0.29) is 5.41 Å². The maximum atomic E-state index is 9.91. The van der Waals surface area contributed by atoms with E-state index in [9.17, 15) is 5.11 Å². The van der Waals surface area contributed by atoms with Gasteiger partial charge in [0.1, 0.15) is 0 Å². The number of nitrogens with zero attached hydrogens (tertiary/aromatic N) is 1. The van der Waals surface area contributed by atoms with Crippen LogP contribution in [-0.2, 0) is 6.54 Å². The number of aliphatic hydroxyl groups is 1. The summed E-state index contributed by atoms with van der Waals surface area (Å²) in [7, 11) is 0. The van der Waals surface area contributed by atoms with Crippen molar-refractivity contribution in [1.82, 2.24) is 4.90 Å². The first kappa shape index (κ1) is 15.0. The molecule has 19 heavy (non-hydrogen) atoms. The third kappa shape index (κ3) is 4.30. The fourth-order valence-corrected chi connectivity index (χ4v) is 3.97. The Kier molecular flexibility index (Phi) is 5.86. The lowest BCUT2D eigenvalue weighted by atomic mass is 9.80. The highest BCUT2D eigenvalue weighted by molar-refractivity contribution is 7.09. The fraction of sp³-hybridized carbons (Fsp3) is 0.750. The smallest absolute Gasteiger partial charge is 0.0499 e. The van der Waals surface area contributed by atoms with Gasteiger partial charge in [-0.3, -0.25) is 4.90 Å². The van der Waals surface area contributed by atoms with Crippen LogP contribution in [0.3, 0.4) is 0 Å². The van der Waals surface area contributed by atoms with Crippen molar-refractivity contribution in [1.29, 1.82) is 0 Å². The monoisotopic (exact) mass is 281 g/mol. The molecule has 1 N–H and O–H groups in total. The molecule has 2 rings (SSSR count). The van der Waals surface area contributed by atoms with Gasteiger partial charge in [-0.25, -0.2) is 0 Å². The summed E-state index contributed by atoms with van der Waals surface area (Å²) in [6.45, 7) is 5.75. The summed E-state index contributed by atoms with van der Waals surface area (Å²) in [5, 5.41) is 12.1. The summed E-state index contributed by atoms with van der Waals surface area (Å²) in [5.41, 5.74) is 0.157. The highest BCUT2D eigenvalue weighted by atomic mass is 32.1. The Labute approximate surface area is 121 Å². The normalized spacial score (nSPS) is 19.5. The predicted molar refractivity (Wildman–Crippen MR) is 82.5 cm³/mol. The second-order valence-electron chi connectivity index (χ2n) is 5.95. The fourth-order valence-electron chi connectivity index (χ4n) is 3.22. The molecule has 108 valence electrons. The summed E-state index contributed by atoms with van der Waals surface area (Å²) in [6, 6.07) is 4.34. The minimum atomic E-state index is 0.157. The van der Waals surface area contributed by atoms with Crippen molar-refractivity contribution in [3.05, 3.63) is 22.4 Å². The second kappa shape index (κ2) is 7.41. The molecule has 3 heteroatoms. The predicted octanol–water partition coefficient (Wildman–Crippen LogP) is 3.90. The Balaban J connectivity index is 1.97. The van der Waals surface area contributed by atoms with Gasteiger partial charge in [-0.15, -0.1) is 11.3 Å². The van der Waals surface area contributed by atoms with Crippen LogP contribution in [0.5, 0.6) is 0 Å². The summed E-state index contributed by atoms with van der Waals surface area (Å²) in [4.78, 5) is 3.94. The van der Waals surface area contributed by atoms with Gasteiger partial charge in [-0.05, 0) is 30.8 Å². The molecular weight excluding hydrogens is 254 g/mol. The molecular formula is C16H27NOS. The van der Waals surface area contributed by atoms with Crippen LogP contribution in [0.4, 0.5) is 0 Å². The largest absolute Gasteiger partial charge is 0.396 e. The van der Waals surface area contributed by atoms with E-state index >= 15 is 0 Å².